The van der Waals surface area contributed by atoms with E-state index in [0.717, 1.165) is 6.21 Å². The number of hydrogen-bond acceptors (Lipinski definition) is 3. The molecule has 86 valence electrons. The smallest absolute Gasteiger partial charge is 0.349 e. The molecule has 16 heavy (non-hydrogen) atoms. The van der Waals surface area contributed by atoms with Gasteiger partial charge in [-0.2, -0.15) is 0 Å². The van der Waals surface area contributed by atoms with Crippen molar-refractivity contribution in [3.05, 3.63) is 30.1 Å². The van der Waals surface area contributed by atoms with Gasteiger partial charge in [-0.15, -0.1) is 0 Å². The molecule has 0 amide bonds. The third-order valence-electron chi connectivity index (χ3n) is 1.55. The molecular formula is C12H14FNO2. The van der Waals surface area contributed by atoms with Crippen molar-refractivity contribution in [2.75, 3.05) is 0 Å². The van der Waals surface area contributed by atoms with Crippen molar-refractivity contribution < 1.29 is 13.9 Å². The molecule has 0 fully saturated rings. The minimum atomic E-state index is -0.536. The van der Waals surface area contributed by atoms with Crippen molar-refractivity contribution in [3.63, 3.8) is 0 Å². The van der Waals surface area contributed by atoms with Crippen LogP contribution in [0.1, 0.15) is 20.8 Å². The Morgan fingerprint density at radius 1 is 1.31 bits per heavy atom. The van der Waals surface area contributed by atoms with Gasteiger partial charge in [-0.3, -0.25) is 0 Å². The Bertz CT molecular complexity index is 390. The highest BCUT2D eigenvalue weighted by atomic mass is 19.1. The second-order valence-electron chi connectivity index (χ2n) is 4.27. The number of nitrogens with zero attached hydrogens (tertiary/aromatic N) is 1. The summed E-state index contributed by atoms with van der Waals surface area (Å²) in [5, 5.41) is 0. The molecule has 0 spiro atoms. The highest BCUT2D eigenvalue weighted by molar-refractivity contribution is 6.23. The summed E-state index contributed by atoms with van der Waals surface area (Å²) in [6, 6.07) is 5.52. The maximum Gasteiger partial charge on any atom is 0.349 e. The minimum absolute atomic E-state index is 0.337. The lowest BCUT2D eigenvalue weighted by molar-refractivity contribution is -0.145. The van der Waals surface area contributed by atoms with Crippen molar-refractivity contribution in [1.82, 2.24) is 0 Å². The van der Waals surface area contributed by atoms with E-state index in [2.05, 4.69) is 4.99 Å². The highest BCUT2D eigenvalue weighted by Gasteiger charge is 2.14. The van der Waals surface area contributed by atoms with E-state index in [0.29, 0.717) is 5.69 Å². The van der Waals surface area contributed by atoms with Crippen LogP contribution in [0.2, 0.25) is 0 Å². The Morgan fingerprint density at radius 3 is 2.38 bits per heavy atom. The van der Waals surface area contributed by atoms with E-state index in [1.54, 1.807) is 20.8 Å². The van der Waals surface area contributed by atoms with Crippen molar-refractivity contribution in [2.45, 2.75) is 26.4 Å². The summed E-state index contributed by atoms with van der Waals surface area (Å²) in [5.74, 6) is -0.854. The maximum atomic E-state index is 12.6. The minimum Gasteiger partial charge on any atom is -0.456 e. The molecule has 0 aromatic heterocycles. The molecule has 4 heteroatoms. The summed E-state index contributed by atoms with van der Waals surface area (Å²) < 4.78 is 17.6. The zero-order valence-corrected chi connectivity index (χ0v) is 9.53. The standard InChI is InChI=1S/C12H14FNO2/c1-12(2,3)16-11(15)8-14-10-6-4-9(13)5-7-10/h4-8H,1-3H3. The van der Waals surface area contributed by atoms with Gasteiger partial charge in [0.2, 0.25) is 0 Å². The first-order valence-corrected chi connectivity index (χ1v) is 4.89. The fourth-order valence-electron chi connectivity index (χ4n) is 0.983. The summed E-state index contributed by atoms with van der Waals surface area (Å²) in [6.07, 6.45) is 1.08. The van der Waals surface area contributed by atoms with E-state index < -0.39 is 11.6 Å². The topological polar surface area (TPSA) is 38.7 Å². The number of carbonyl (C=O) groups excluding carboxylic acids is 1. The van der Waals surface area contributed by atoms with Crippen LogP contribution >= 0.6 is 0 Å². The van der Waals surface area contributed by atoms with E-state index in [4.69, 9.17) is 4.74 Å². The SMILES string of the molecule is CC(C)(C)OC(=O)C=Nc1ccc(F)cc1. The molecule has 0 aliphatic carbocycles. The average Bonchev–Trinajstić information content (AvgIpc) is 2.14. The monoisotopic (exact) mass is 223 g/mol. The second-order valence-corrected chi connectivity index (χ2v) is 4.27. The van der Waals surface area contributed by atoms with Gasteiger partial charge in [0.15, 0.2) is 0 Å². The van der Waals surface area contributed by atoms with Gasteiger partial charge in [-0.1, -0.05) is 0 Å². The van der Waals surface area contributed by atoms with Crippen LogP contribution in [0.25, 0.3) is 0 Å². The predicted molar refractivity (Wildman–Crippen MR) is 60.4 cm³/mol. The van der Waals surface area contributed by atoms with Crippen LogP contribution in [-0.4, -0.2) is 17.8 Å². The molecule has 0 heterocycles. The molecule has 0 aliphatic heterocycles. The van der Waals surface area contributed by atoms with E-state index in [9.17, 15) is 9.18 Å². The van der Waals surface area contributed by atoms with Gasteiger partial charge < -0.3 is 4.74 Å². The lowest BCUT2D eigenvalue weighted by atomic mass is 10.2. The van der Waals surface area contributed by atoms with Crippen molar-refractivity contribution in [1.29, 1.82) is 0 Å². The quantitative estimate of drug-likeness (QED) is 0.571. The van der Waals surface area contributed by atoms with Crippen LogP contribution in [0.4, 0.5) is 10.1 Å². The Balaban J connectivity index is 2.60. The first kappa shape index (κ1) is 12.4. The Morgan fingerprint density at radius 2 is 1.88 bits per heavy atom. The summed E-state index contributed by atoms with van der Waals surface area (Å²) in [4.78, 5) is 15.1. The van der Waals surface area contributed by atoms with Crippen molar-refractivity contribution in [2.24, 2.45) is 4.99 Å². The number of halogens is 1. The first-order chi connectivity index (χ1) is 7.37. The lowest BCUT2D eigenvalue weighted by Gasteiger charge is -2.17. The van der Waals surface area contributed by atoms with E-state index in [1.807, 2.05) is 0 Å². The number of carbonyl (C=O) groups is 1. The molecule has 1 aromatic rings. The molecule has 3 nitrogen and oxygen atoms in total. The average molecular weight is 223 g/mol. The molecule has 0 saturated carbocycles. The third kappa shape index (κ3) is 4.68. The number of ether oxygens (including phenoxy) is 1. The molecule has 0 bridgehead atoms. The van der Waals surface area contributed by atoms with Gasteiger partial charge >= 0.3 is 5.97 Å². The number of hydrogen-bond donors (Lipinski definition) is 0. The molecule has 0 unspecified atom stereocenters. The number of aliphatic imine (C=N–C) groups is 1. The molecule has 0 N–H and O–H groups in total. The molecule has 0 saturated heterocycles. The highest BCUT2D eigenvalue weighted by Crippen LogP contribution is 2.12. The van der Waals surface area contributed by atoms with E-state index in [1.165, 1.54) is 24.3 Å². The fraction of sp³-hybridized carbons (Fsp3) is 0.333. The summed E-state index contributed by atoms with van der Waals surface area (Å²) in [6.45, 7) is 5.32. The first-order valence-electron chi connectivity index (χ1n) is 4.89. The van der Waals surface area contributed by atoms with Crippen LogP contribution in [0.5, 0.6) is 0 Å². The van der Waals surface area contributed by atoms with Gasteiger partial charge in [-0.25, -0.2) is 14.2 Å². The maximum absolute atomic E-state index is 12.6. The van der Waals surface area contributed by atoms with Gasteiger partial charge in [0, 0.05) is 0 Å². The fourth-order valence-corrected chi connectivity index (χ4v) is 0.983. The Labute approximate surface area is 94.0 Å². The summed E-state index contributed by atoms with van der Waals surface area (Å²) in [7, 11) is 0. The van der Waals surface area contributed by atoms with Crippen molar-refractivity contribution >= 4 is 17.9 Å². The van der Waals surface area contributed by atoms with Crippen LogP contribution in [0.15, 0.2) is 29.3 Å². The molecule has 0 radical (unpaired) electrons. The zero-order valence-electron chi connectivity index (χ0n) is 9.53. The number of rotatable bonds is 2. The summed E-state index contributed by atoms with van der Waals surface area (Å²) >= 11 is 0. The van der Waals surface area contributed by atoms with E-state index in [-0.39, 0.29) is 5.82 Å². The van der Waals surface area contributed by atoms with Crippen LogP contribution < -0.4 is 0 Å². The summed E-state index contributed by atoms with van der Waals surface area (Å²) in [5.41, 5.74) is -0.0291. The largest absolute Gasteiger partial charge is 0.456 e. The molecule has 1 rings (SSSR count). The molecular weight excluding hydrogens is 209 g/mol. The normalized spacial score (nSPS) is 11.8. The van der Waals surface area contributed by atoms with Gasteiger partial charge in [0.05, 0.1) is 5.69 Å². The second kappa shape index (κ2) is 4.88. The molecule has 1 aromatic carbocycles. The Kier molecular flexibility index (Phi) is 3.77. The van der Waals surface area contributed by atoms with Crippen LogP contribution in [0.3, 0.4) is 0 Å². The predicted octanol–water partition coefficient (Wildman–Crippen LogP) is 2.87. The van der Waals surface area contributed by atoms with Gasteiger partial charge in [0.1, 0.15) is 17.6 Å². The molecule has 0 atom stereocenters. The third-order valence-corrected chi connectivity index (χ3v) is 1.55. The lowest BCUT2D eigenvalue weighted by Crippen LogP contribution is -2.24. The Hall–Kier alpha value is -1.71. The number of benzene rings is 1. The van der Waals surface area contributed by atoms with Crippen LogP contribution in [0, 0.1) is 5.82 Å². The van der Waals surface area contributed by atoms with Crippen molar-refractivity contribution in [3.8, 4) is 0 Å². The zero-order chi connectivity index (χ0) is 12.2. The van der Waals surface area contributed by atoms with E-state index >= 15 is 0 Å². The number of esters is 1. The van der Waals surface area contributed by atoms with Gasteiger partial charge in [-0.05, 0) is 45.0 Å². The van der Waals surface area contributed by atoms with Crippen LogP contribution in [-0.2, 0) is 9.53 Å². The van der Waals surface area contributed by atoms with Gasteiger partial charge in [0.25, 0.3) is 0 Å². The molecule has 0 aliphatic rings.